The Morgan fingerprint density at radius 3 is 2.72 bits per heavy atom. The summed E-state index contributed by atoms with van der Waals surface area (Å²) in [5.41, 5.74) is 6.92. The van der Waals surface area contributed by atoms with Crippen molar-refractivity contribution in [3.05, 3.63) is 35.9 Å². The molecule has 2 unspecified atom stereocenters. The highest BCUT2D eigenvalue weighted by Crippen LogP contribution is 2.30. The maximum absolute atomic E-state index is 7.61. The van der Waals surface area contributed by atoms with Gasteiger partial charge in [0.2, 0.25) is 0 Å². The molecule has 0 aromatic heterocycles. The van der Waals surface area contributed by atoms with Crippen molar-refractivity contribution in [2.24, 2.45) is 5.73 Å². The molecule has 0 aliphatic carbocycles. The topological polar surface area (TPSA) is 53.1 Å². The zero-order valence-electron chi connectivity index (χ0n) is 11.1. The van der Waals surface area contributed by atoms with Crippen LogP contribution in [0.3, 0.4) is 0 Å². The van der Waals surface area contributed by atoms with Gasteiger partial charge in [-0.25, -0.2) is 0 Å². The first-order chi connectivity index (χ1) is 8.68. The number of amidine groups is 1. The Kier molecular flexibility index (Phi) is 4.37. The van der Waals surface area contributed by atoms with E-state index < -0.39 is 0 Å². The van der Waals surface area contributed by atoms with E-state index in [-0.39, 0.29) is 11.9 Å². The summed E-state index contributed by atoms with van der Waals surface area (Å²) < 4.78 is 0. The summed E-state index contributed by atoms with van der Waals surface area (Å²) in [4.78, 5) is 2.51. The fourth-order valence-electron chi connectivity index (χ4n) is 2.89. The minimum atomic E-state index is 0.263. The van der Waals surface area contributed by atoms with E-state index in [1.54, 1.807) is 0 Å². The molecule has 0 amide bonds. The smallest absolute Gasteiger partial charge is 0.0924 e. The molecule has 1 aromatic rings. The quantitative estimate of drug-likeness (QED) is 0.633. The molecule has 0 saturated carbocycles. The molecule has 0 spiro atoms. The third kappa shape index (κ3) is 3.10. The molecule has 98 valence electrons. The van der Waals surface area contributed by atoms with Gasteiger partial charge in [0, 0.05) is 18.5 Å². The Morgan fingerprint density at radius 1 is 1.39 bits per heavy atom. The Balaban J connectivity index is 2.21. The third-order valence-corrected chi connectivity index (χ3v) is 3.85. The van der Waals surface area contributed by atoms with Crippen LogP contribution in [0.1, 0.15) is 44.2 Å². The van der Waals surface area contributed by atoms with Gasteiger partial charge < -0.3 is 5.73 Å². The van der Waals surface area contributed by atoms with E-state index in [1.165, 1.54) is 24.8 Å². The van der Waals surface area contributed by atoms with Crippen LogP contribution in [-0.2, 0) is 0 Å². The van der Waals surface area contributed by atoms with E-state index >= 15 is 0 Å². The molecule has 3 heteroatoms. The summed E-state index contributed by atoms with van der Waals surface area (Å²) in [6, 6.07) is 11.3. The normalized spacial score (nSPS) is 22.6. The van der Waals surface area contributed by atoms with Crippen LogP contribution in [0, 0.1) is 5.41 Å². The fourth-order valence-corrected chi connectivity index (χ4v) is 2.89. The van der Waals surface area contributed by atoms with Gasteiger partial charge in [0.05, 0.1) is 5.84 Å². The lowest BCUT2D eigenvalue weighted by Crippen LogP contribution is -2.41. The summed E-state index contributed by atoms with van der Waals surface area (Å²) in [6.07, 6.45) is 4.46. The molecule has 18 heavy (non-hydrogen) atoms. The number of hydrogen-bond donors (Lipinski definition) is 2. The van der Waals surface area contributed by atoms with Crippen molar-refractivity contribution in [3.63, 3.8) is 0 Å². The standard InChI is InChI=1S/C15H23N3/c1-12-7-5-6-10-18(12)14(11-15(16)17)13-8-3-2-4-9-13/h2-4,8-9,12,14H,5-7,10-11H2,1H3,(H3,16,17). The van der Waals surface area contributed by atoms with Crippen molar-refractivity contribution >= 4 is 5.84 Å². The molecule has 1 aromatic carbocycles. The van der Waals surface area contributed by atoms with Crippen LogP contribution < -0.4 is 5.73 Å². The SMILES string of the molecule is CC1CCCCN1C(CC(=N)N)c1ccccc1. The van der Waals surface area contributed by atoms with Crippen LogP contribution in [0.25, 0.3) is 0 Å². The molecule has 3 N–H and O–H groups in total. The summed E-state index contributed by atoms with van der Waals surface area (Å²) in [5.74, 6) is 0.279. The van der Waals surface area contributed by atoms with Crippen molar-refractivity contribution in [1.29, 1.82) is 5.41 Å². The van der Waals surface area contributed by atoms with Crippen molar-refractivity contribution in [3.8, 4) is 0 Å². The van der Waals surface area contributed by atoms with Gasteiger partial charge in [0.15, 0.2) is 0 Å². The first-order valence-corrected chi connectivity index (χ1v) is 6.82. The molecule has 3 nitrogen and oxygen atoms in total. The monoisotopic (exact) mass is 245 g/mol. The number of nitrogens with one attached hydrogen (secondary N) is 1. The third-order valence-electron chi connectivity index (χ3n) is 3.85. The molecule has 1 saturated heterocycles. The number of likely N-dealkylation sites (tertiary alicyclic amines) is 1. The van der Waals surface area contributed by atoms with E-state index in [2.05, 4.69) is 36.1 Å². The molecule has 1 aliphatic heterocycles. The zero-order valence-corrected chi connectivity index (χ0v) is 11.1. The number of piperidine rings is 1. The summed E-state index contributed by atoms with van der Waals surface area (Å²) >= 11 is 0. The summed E-state index contributed by atoms with van der Waals surface area (Å²) in [6.45, 7) is 3.41. The second kappa shape index (κ2) is 6.01. The summed E-state index contributed by atoms with van der Waals surface area (Å²) in [7, 11) is 0. The van der Waals surface area contributed by atoms with Crippen LogP contribution in [0.2, 0.25) is 0 Å². The maximum Gasteiger partial charge on any atom is 0.0924 e. The highest BCUT2D eigenvalue weighted by Gasteiger charge is 2.27. The lowest BCUT2D eigenvalue weighted by atomic mass is 9.95. The predicted octanol–water partition coefficient (Wildman–Crippen LogP) is 2.93. The average Bonchev–Trinajstić information content (AvgIpc) is 2.38. The lowest BCUT2D eigenvalue weighted by Gasteiger charge is -2.39. The van der Waals surface area contributed by atoms with Crippen LogP contribution in [0.15, 0.2) is 30.3 Å². The Labute approximate surface area is 109 Å². The molecule has 1 fully saturated rings. The highest BCUT2D eigenvalue weighted by atomic mass is 15.2. The van der Waals surface area contributed by atoms with Crippen LogP contribution in [0.4, 0.5) is 0 Å². The number of nitrogens with two attached hydrogens (primary N) is 1. The molecule has 1 heterocycles. The van der Waals surface area contributed by atoms with Gasteiger partial charge in [-0.3, -0.25) is 10.3 Å². The molecule has 0 radical (unpaired) electrons. The van der Waals surface area contributed by atoms with E-state index in [1.807, 2.05) is 6.07 Å². The Hall–Kier alpha value is -1.35. The van der Waals surface area contributed by atoms with Gasteiger partial charge in [-0.05, 0) is 31.9 Å². The number of benzene rings is 1. The minimum absolute atomic E-state index is 0.263. The van der Waals surface area contributed by atoms with E-state index in [0.717, 1.165) is 6.54 Å². The highest BCUT2D eigenvalue weighted by molar-refractivity contribution is 5.77. The minimum Gasteiger partial charge on any atom is -0.388 e. The van der Waals surface area contributed by atoms with Gasteiger partial charge in [-0.1, -0.05) is 36.8 Å². The first-order valence-electron chi connectivity index (χ1n) is 6.82. The molecule has 2 atom stereocenters. The predicted molar refractivity (Wildman–Crippen MR) is 75.7 cm³/mol. The number of nitrogens with zero attached hydrogens (tertiary/aromatic N) is 1. The van der Waals surface area contributed by atoms with E-state index in [4.69, 9.17) is 11.1 Å². The van der Waals surface area contributed by atoms with Gasteiger partial charge in [0.25, 0.3) is 0 Å². The lowest BCUT2D eigenvalue weighted by molar-refractivity contribution is 0.108. The molecule has 1 aliphatic rings. The van der Waals surface area contributed by atoms with Gasteiger partial charge in [-0.15, -0.1) is 0 Å². The molecule has 0 bridgehead atoms. The van der Waals surface area contributed by atoms with Crippen molar-refractivity contribution in [2.75, 3.05) is 6.54 Å². The zero-order chi connectivity index (χ0) is 13.0. The van der Waals surface area contributed by atoms with Crippen molar-refractivity contribution < 1.29 is 0 Å². The first kappa shape index (κ1) is 13.1. The van der Waals surface area contributed by atoms with Crippen LogP contribution >= 0.6 is 0 Å². The van der Waals surface area contributed by atoms with Crippen LogP contribution in [-0.4, -0.2) is 23.3 Å². The van der Waals surface area contributed by atoms with Crippen molar-refractivity contribution in [1.82, 2.24) is 4.90 Å². The summed E-state index contributed by atoms with van der Waals surface area (Å²) in [5, 5.41) is 7.61. The molecular formula is C15H23N3. The average molecular weight is 245 g/mol. The van der Waals surface area contributed by atoms with Gasteiger partial charge >= 0.3 is 0 Å². The second-order valence-corrected chi connectivity index (χ2v) is 5.24. The second-order valence-electron chi connectivity index (χ2n) is 5.24. The van der Waals surface area contributed by atoms with Crippen molar-refractivity contribution in [2.45, 2.75) is 44.7 Å². The van der Waals surface area contributed by atoms with E-state index in [9.17, 15) is 0 Å². The van der Waals surface area contributed by atoms with E-state index in [0.29, 0.717) is 12.5 Å². The molecule has 2 rings (SSSR count). The van der Waals surface area contributed by atoms with Crippen LogP contribution in [0.5, 0.6) is 0 Å². The Morgan fingerprint density at radius 2 is 2.11 bits per heavy atom. The van der Waals surface area contributed by atoms with Gasteiger partial charge in [0.1, 0.15) is 0 Å². The number of hydrogen-bond acceptors (Lipinski definition) is 2. The number of rotatable bonds is 4. The van der Waals surface area contributed by atoms with Gasteiger partial charge in [-0.2, -0.15) is 0 Å². The maximum atomic E-state index is 7.61. The largest absolute Gasteiger partial charge is 0.388 e. The fraction of sp³-hybridized carbons (Fsp3) is 0.533. The Bertz CT molecular complexity index is 388. The molecular weight excluding hydrogens is 222 g/mol.